The second-order valence-corrected chi connectivity index (χ2v) is 5.15. The average Bonchev–Trinajstić information content (AvgIpc) is 2.70. The molecule has 1 heterocycles. The first kappa shape index (κ1) is 15.6. The Kier molecular flexibility index (Phi) is 5.07. The van der Waals surface area contributed by atoms with E-state index in [1.165, 1.54) is 11.6 Å². The summed E-state index contributed by atoms with van der Waals surface area (Å²) in [6.07, 6.45) is 0.886. The quantitative estimate of drug-likeness (QED) is 0.830. The molecule has 114 valence electrons. The number of likely N-dealkylation sites (N-methyl/N-ethyl adjacent to an activating group) is 1. The van der Waals surface area contributed by atoms with Gasteiger partial charge in [0.15, 0.2) is 0 Å². The van der Waals surface area contributed by atoms with Gasteiger partial charge >= 0.3 is 0 Å². The van der Waals surface area contributed by atoms with Crippen LogP contribution in [-0.2, 0) is 13.0 Å². The van der Waals surface area contributed by atoms with Crippen LogP contribution >= 0.6 is 0 Å². The van der Waals surface area contributed by atoms with Gasteiger partial charge < -0.3 is 5.32 Å². The summed E-state index contributed by atoms with van der Waals surface area (Å²) in [7, 11) is 0. The van der Waals surface area contributed by atoms with E-state index in [-0.39, 0.29) is 6.54 Å². The lowest BCUT2D eigenvalue weighted by Crippen LogP contribution is -2.16. The zero-order valence-corrected chi connectivity index (χ0v) is 12.7. The molecule has 0 saturated heterocycles. The minimum atomic E-state index is -0.430. The Balaban J connectivity index is 2.21. The maximum absolute atomic E-state index is 13.7. The van der Waals surface area contributed by atoms with Crippen molar-refractivity contribution in [3.63, 3.8) is 0 Å². The topological polar surface area (TPSA) is 29.9 Å². The number of rotatable bonds is 6. The fourth-order valence-electron chi connectivity index (χ4n) is 2.47. The SMILES string of the molecule is CCNCCc1c(C)nn(Cc2cc(F)ccc2F)c1C. The lowest BCUT2D eigenvalue weighted by molar-refractivity contribution is 0.561. The second kappa shape index (κ2) is 6.80. The summed E-state index contributed by atoms with van der Waals surface area (Å²) in [4.78, 5) is 0. The predicted octanol–water partition coefficient (Wildman–Crippen LogP) is 2.98. The minimum Gasteiger partial charge on any atom is -0.317 e. The fourth-order valence-corrected chi connectivity index (χ4v) is 2.47. The van der Waals surface area contributed by atoms with Crippen molar-refractivity contribution in [3.8, 4) is 0 Å². The van der Waals surface area contributed by atoms with E-state index in [0.717, 1.165) is 43.0 Å². The van der Waals surface area contributed by atoms with Gasteiger partial charge in [0, 0.05) is 11.3 Å². The predicted molar refractivity (Wildman–Crippen MR) is 79.4 cm³/mol. The molecule has 3 nitrogen and oxygen atoms in total. The van der Waals surface area contributed by atoms with Crippen molar-refractivity contribution < 1.29 is 8.78 Å². The van der Waals surface area contributed by atoms with Crippen LogP contribution in [0.4, 0.5) is 8.78 Å². The van der Waals surface area contributed by atoms with Crippen LogP contribution in [0.5, 0.6) is 0 Å². The highest BCUT2D eigenvalue weighted by molar-refractivity contribution is 5.27. The molecule has 0 bridgehead atoms. The molecule has 0 aliphatic rings. The summed E-state index contributed by atoms with van der Waals surface area (Å²) >= 11 is 0. The highest BCUT2D eigenvalue weighted by Gasteiger charge is 2.13. The Morgan fingerprint density at radius 3 is 2.71 bits per heavy atom. The number of nitrogens with one attached hydrogen (secondary N) is 1. The van der Waals surface area contributed by atoms with Crippen LogP contribution in [-0.4, -0.2) is 22.9 Å². The molecular weight excluding hydrogens is 272 g/mol. The Morgan fingerprint density at radius 2 is 2.00 bits per heavy atom. The number of aryl methyl sites for hydroxylation is 1. The van der Waals surface area contributed by atoms with Crippen molar-refractivity contribution in [2.75, 3.05) is 13.1 Å². The first-order valence-electron chi connectivity index (χ1n) is 7.20. The highest BCUT2D eigenvalue weighted by atomic mass is 19.1. The molecule has 0 saturated carbocycles. The summed E-state index contributed by atoms with van der Waals surface area (Å²) in [6.45, 7) is 8.05. The zero-order chi connectivity index (χ0) is 15.4. The maximum atomic E-state index is 13.7. The summed E-state index contributed by atoms with van der Waals surface area (Å²) in [5, 5.41) is 7.73. The first-order valence-corrected chi connectivity index (χ1v) is 7.20. The van der Waals surface area contributed by atoms with E-state index < -0.39 is 11.6 Å². The lowest BCUT2D eigenvalue weighted by Gasteiger charge is -2.07. The van der Waals surface area contributed by atoms with Crippen molar-refractivity contribution in [2.45, 2.75) is 33.7 Å². The number of benzene rings is 1. The van der Waals surface area contributed by atoms with Gasteiger partial charge in [-0.15, -0.1) is 0 Å². The molecule has 0 aliphatic carbocycles. The lowest BCUT2D eigenvalue weighted by atomic mass is 10.1. The van der Waals surface area contributed by atoms with Gasteiger partial charge in [0.25, 0.3) is 0 Å². The van der Waals surface area contributed by atoms with Crippen molar-refractivity contribution in [1.82, 2.24) is 15.1 Å². The molecule has 0 aliphatic heterocycles. The number of hydrogen-bond acceptors (Lipinski definition) is 2. The smallest absolute Gasteiger partial charge is 0.128 e. The van der Waals surface area contributed by atoms with Gasteiger partial charge in [-0.3, -0.25) is 4.68 Å². The Labute approximate surface area is 124 Å². The number of nitrogens with zero attached hydrogens (tertiary/aromatic N) is 2. The van der Waals surface area contributed by atoms with Crippen LogP contribution in [0, 0.1) is 25.5 Å². The Bertz CT molecular complexity index is 620. The average molecular weight is 293 g/mol. The number of halogens is 2. The van der Waals surface area contributed by atoms with Crippen molar-refractivity contribution in [1.29, 1.82) is 0 Å². The van der Waals surface area contributed by atoms with Crippen LogP contribution in [0.25, 0.3) is 0 Å². The van der Waals surface area contributed by atoms with Gasteiger partial charge in [-0.1, -0.05) is 6.92 Å². The summed E-state index contributed by atoms with van der Waals surface area (Å²) < 4.78 is 28.7. The fraction of sp³-hybridized carbons (Fsp3) is 0.438. The molecule has 1 N–H and O–H groups in total. The van der Waals surface area contributed by atoms with Gasteiger partial charge in [0.2, 0.25) is 0 Å². The molecule has 2 rings (SSSR count). The molecule has 0 unspecified atom stereocenters. The van der Waals surface area contributed by atoms with Crippen LogP contribution in [0.3, 0.4) is 0 Å². The van der Waals surface area contributed by atoms with Crippen molar-refractivity contribution >= 4 is 0 Å². The molecule has 1 aromatic heterocycles. The number of hydrogen-bond donors (Lipinski definition) is 1. The molecule has 1 aromatic carbocycles. The van der Waals surface area contributed by atoms with E-state index in [1.54, 1.807) is 4.68 Å². The van der Waals surface area contributed by atoms with E-state index in [9.17, 15) is 8.78 Å². The highest BCUT2D eigenvalue weighted by Crippen LogP contribution is 2.17. The summed E-state index contributed by atoms with van der Waals surface area (Å²) in [5.74, 6) is -0.835. The van der Waals surface area contributed by atoms with Crippen LogP contribution in [0.15, 0.2) is 18.2 Å². The standard InChI is InChI=1S/C16H21F2N3/c1-4-19-8-7-15-11(2)20-21(12(15)3)10-13-9-14(17)5-6-16(13)18/h5-6,9,19H,4,7-8,10H2,1-3H3. The van der Waals surface area contributed by atoms with Gasteiger partial charge in [0.05, 0.1) is 12.2 Å². The molecule has 0 fully saturated rings. The van der Waals surface area contributed by atoms with E-state index in [4.69, 9.17) is 0 Å². The zero-order valence-electron chi connectivity index (χ0n) is 12.7. The molecule has 2 aromatic rings. The molecule has 0 atom stereocenters. The molecule has 21 heavy (non-hydrogen) atoms. The monoisotopic (exact) mass is 293 g/mol. The largest absolute Gasteiger partial charge is 0.317 e. The number of aromatic nitrogens is 2. The van der Waals surface area contributed by atoms with Crippen LogP contribution < -0.4 is 5.32 Å². The third-order valence-corrected chi connectivity index (χ3v) is 3.66. The third-order valence-electron chi connectivity index (χ3n) is 3.66. The van der Waals surface area contributed by atoms with Crippen molar-refractivity contribution in [2.24, 2.45) is 0 Å². The van der Waals surface area contributed by atoms with Crippen LogP contribution in [0.1, 0.15) is 29.4 Å². The minimum absolute atomic E-state index is 0.247. The van der Waals surface area contributed by atoms with Gasteiger partial charge in [-0.2, -0.15) is 5.10 Å². The van der Waals surface area contributed by atoms with E-state index in [1.807, 2.05) is 13.8 Å². The van der Waals surface area contributed by atoms with Crippen LogP contribution in [0.2, 0.25) is 0 Å². The van der Waals surface area contributed by atoms with E-state index >= 15 is 0 Å². The first-order chi connectivity index (χ1) is 10.0. The van der Waals surface area contributed by atoms with Crippen molar-refractivity contribution in [3.05, 3.63) is 52.3 Å². The molecule has 0 radical (unpaired) electrons. The summed E-state index contributed by atoms with van der Waals surface area (Å²) in [6, 6.07) is 3.51. The van der Waals surface area contributed by atoms with Gasteiger partial charge in [-0.05, 0) is 57.1 Å². The maximum Gasteiger partial charge on any atom is 0.128 e. The molecular formula is C16H21F2N3. The normalized spacial score (nSPS) is 11.1. The third kappa shape index (κ3) is 3.67. The Hall–Kier alpha value is -1.75. The van der Waals surface area contributed by atoms with E-state index in [0.29, 0.717) is 5.56 Å². The van der Waals surface area contributed by atoms with Gasteiger partial charge in [0.1, 0.15) is 11.6 Å². The molecule has 0 amide bonds. The molecule has 5 heteroatoms. The molecule has 0 spiro atoms. The second-order valence-electron chi connectivity index (χ2n) is 5.15. The Morgan fingerprint density at radius 1 is 1.24 bits per heavy atom. The summed E-state index contributed by atoms with van der Waals surface area (Å²) in [5.41, 5.74) is 3.45. The van der Waals surface area contributed by atoms with E-state index in [2.05, 4.69) is 17.3 Å². The van der Waals surface area contributed by atoms with Gasteiger partial charge in [-0.25, -0.2) is 8.78 Å².